The molecule has 0 bridgehead atoms. The Labute approximate surface area is 289 Å². The summed E-state index contributed by atoms with van der Waals surface area (Å²) >= 11 is 0. The van der Waals surface area contributed by atoms with E-state index in [-0.39, 0.29) is 35.3 Å². The average molecular weight is 619 g/mol. The Balaban J connectivity index is 1.15. The van der Waals surface area contributed by atoms with E-state index in [1.807, 2.05) is 29.2 Å². The van der Waals surface area contributed by atoms with Gasteiger partial charge in [-0.2, -0.15) is 0 Å². The molecule has 0 heterocycles. The zero-order chi connectivity index (χ0) is 36.6. The predicted molar refractivity (Wildman–Crippen MR) is 207 cm³/mol. The maximum atomic E-state index is 8.98. The van der Waals surface area contributed by atoms with Gasteiger partial charge >= 0.3 is 0 Å². The summed E-state index contributed by atoms with van der Waals surface area (Å²) in [6.45, 7) is 4.42. The number of hydrogen-bond acceptors (Lipinski definition) is 1. The highest BCUT2D eigenvalue weighted by molar-refractivity contribution is 6.11. The molecule has 0 atom stereocenters. The van der Waals surface area contributed by atoms with Crippen molar-refractivity contribution in [3.63, 3.8) is 0 Å². The lowest BCUT2D eigenvalue weighted by molar-refractivity contribution is 0.660. The van der Waals surface area contributed by atoms with Crippen molar-refractivity contribution >= 4 is 61.5 Å². The average Bonchev–Trinajstić information content (AvgIpc) is 3.42. The van der Waals surface area contributed by atoms with Crippen LogP contribution in [0, 0.1) is 0 Å². The first-order valence-corrected chi connectivity index (χ1v) is 16.4. The van der Waals surface area contributed by atoms with E-state index >= 15 is 0 Å². The molecule has 0 aliphatic heterocycles. The first-order valence-electron chi connectivity index (χ1n) is 18.9. The molecule has 228 valence electrons. The lowest BCUT2D eigenvalue weighted by atomic mass is 9.82. The van der Waals surface area contributed by atoms with Crippen LogP contribution in [0.5, 0.6) is 0 Å². The van der Waals surface area contributed by atoms with E-state index in [2.05, 4.69) is 135 Å². The number of para-hydroxylation sites is 1. The van der Waals surface area contributed by atoms with Crippen molar-refractivity contribution in [1.29, 1.82) is 0 Å². The lowest BCUT2D eigenvalue weighted by Gasteiger charge is -2.28. The molecule has 0 fully saturated rings. The van der Waals surface area contributed by atoms with Crippen molar-refractivity contribution in [2.45, 2.75) is 19.3 Å². The van der Waals surface area contributed by atoms with E-state index in [4.69, 9.17) is 6.85 Å². The molecule has 0 amide bonds. The molecule has 0 N–H and O–H groups in total. The molecule has 8 aromatic rings. The molecule has 0 aromatic heterocycles. The molecule has 1 aliphatic rings. The smallest absolute Gasteiger partial charge is 0.0645 e. The van der Waals surface area contributed by atoms with Crippen LogP contribution in [0.4, 0.5) is 17.1 Å². The van der Waals surface area contributed by atoms with E-state index < -0.39 is 6.04 Å². The Hall–Kier alpha value is -5.92. The van der Waals surface area contributed by atoms with Crippen LogP contribution in [0.3, 0.4) is 0 Å². The fraction of sp³-hybridized carbons (Fsp3) is 0.0638. The zero-order valence-corrected chi connectivity index (χ0v) is 26.8. The third kappa shape index (κ3) is 4.62. The SMILES string of the molecule is [2H]c1c([2H])c([2H])c(N(c2ccc3c(c2)C(C)(C)c2ccccc2-3)c2ccc3cc(/C=C/c4cc5ccccc5c5ccccc45)ccc3c2)c([2H])c1[2H]. The van der Waals surface area contributed by atoms with Crippen molar-refractivity contribution < 1.29 is 6.85 Å². The number of benzene rings is 8. The number of nitrogens with zero attached hydrogens (tertiary/aromatic N) is 1. The summed E-state index contributed by atoms with van der Waals surface area (Å²) in [4.78, 5) is 1.82. The summed E-state index contributed by atoms with van der Waals surface area (Å²) in [5.74, 6) is 0. The molecule has 8 aromatic carbocycles. The van der Waals surface area contributed by atoms with Crippen LogP contribution < -0.4 is 4.90 Å². The van der Waals surface area contributed by atoms with Gasteiger partial charge in [0.15, 0.2) is 0 Å². The molecule has 0 saturated carbocycles. The third-order valence-electron chi connectivity index (χ3n) is 9.90. The molecular weight excluding hydrogens is 579 g/mol. The van der Waals surface area contributed by atoms with Gasteiger partial charge in [-0.1, -0.05) is 141 Å². The van der Waals surface area contributed by atoms with E-state index in [0.717, 1.165) is 38.7 Å². The van der Waals surface area contributed by atoms with Crippen LogP contribution in [0.2, 0.25) is 0 Å². The predicted octanol–water partition coefficient (Wildman–Crippen LogP) is 13.1. The summed E-state index contributed by atoms with van der Waals surface area (Å²) < 4.78 is 43.3. The fourth-order valence-electron chi connectivity index (χ4n) is 7.50. The minimum absolute atomic E-state index is 0.116. The van der Waals surface area contributed by atoms with Crippen LogP contribution in [-0.2, 0) is 5.41 Å². The quantitative estimate of drug-likeness (QED) is 0.137. The molecule has 1 aliphatic carbocycles. The minimum atomic E-state index is -0.412. The van der Waals surface area contributed by atoms with Crippen LogP contribution in [0.1, 0.15) is 43.0 Å². The standard InChI is InChI=1S/C47H35N/c1-47(2)45-19-11-10-18-43(45)44-27-26-39(31-46(44)47)48(37-13-4-3-5-14-37)38-25-24-33-28-32(20-22-34(33)30-38)21-23-36-29-35-12-6-7-15-40(35)42-17-9-8-16-41(36)42/h3-31H,1-2H3/b23-21+/i3D,4D,5D,13D,14D. The van der Waals surface area contributed by atoms with Gasteiger partial charge in [0.1, 0.15) is 0 Å². The Kier molecular flexibility index (Phi) is 5.42. The summed E-state index contributed by atoms with van der Waals surface area (Å²) in [5, 5.41) is 6.90. The van der Waals surface area contributed by atoms with Gasteiger partial charge in [0.2, 0.25) is 0 Å². The molecule has 1 nitrogen and oxygen atoms in total. The second-order valence-corrected chi connectivity index (χ2v) is 13.1. The van der Waals surface area contributed by atoms with E-state index in [9.17, 15) is 0 Å². The maximum Gasteiger partial charge on any atom is 0.0645 e. The minimum Gasteiger partial charge on any atom is -0.310 e. The van der Waals surface area contributed by atoms with Crippen molar-refractivity contribution in [2.75, 3.05) is 4.90 Å². The van der Waals surface area contributed by atoms with Gasteiger partial charge in [-0.05, 0) is 114 Å². The van der Waals surface area contributed by atoms with Gasteiger partial charge < -0.3 is 4.90 Å². The van der Waals surface area contributed by atoms with Crippen LogP contribution in [0.15, 0.2) is 164 Å². The molecule has 48 heavy (non-hydrogen) atoms. The Morgan fingerprint density at radius 3 is 2.04 bits per heavy atom. The number of rotatable bonds is 5. The molecule has 9 rings (SSSR count). The number of fused-ring (bicyclic) bond motifs is 7. The summed E-state index contributed by atoms with van der Waals surface area (Å²) in [5.41, 5.74) is 8.19. The number of anilines is 3. The molecule has 0 unspecified atom stereocenters. The largest absolute Gasteiger partial charge is 0.310 e. The van der Waals surface area contributed by atoms with Crippen molar-refractivity contribution in [1.82, 2.24) is 0 Å². The van der Waals surface area contributed by atoms with Crippen molar-refractivity contribution in [2.24, 2.45) is 0 Å². The fourth-order valence-corrected chi connectivity index (χ4v) is 7.50. The lowest BCUT2D eigenvalue weighted by Crippen LogP contribution is -2.16. The molecule has 1 heteroatoms. The van der Waals surface area contributed by atoms with Gasteiger partial charge in [0, 0.05) is 22.5 Å². The van der Waals surface area contributed by atoms with Gasteiger partial charge in [0.25, 0.3) is 0 Å². The zero-order valence-electron chi connectivity index (χ0n) is 31.8. The Morgan fingerprint density at radius 2 is 1.17 bits per heavy atom. The molecule has 0 radical (unpaired) electrons. The van der Waals surface area contributed by atoms with E-state index in [0.29, 0.717) is 5.69 Å². The molecule has 0 spiro atoms. The summed E-state index contributed by atoms with van der Waals surface area (Å²) in [7, 11) is 0. The Bertz CT molecular complexity index is 2810. The highest BCUT2D eigenvalue weighted by Crippen LogP contribution is 2.50. The maximum absolute atomic E-state index is 8.98. The topological polar surface area (TPSA) is 3.24 Å². The normalized spacial score (nSPS) is 14.8. The first kappa shape index (κ1) is 23.4. The van der Waals surface area contributed by atoms with Crippen molar-refractivity contribution in [3.8, 4) is 11.1 Å². The second kappa shape index (κ2) is 11.1. The van der Waals surface area contributed by atoms with Crippen LogP contribution >= 0.6 is 0 Å². The van der Waals surface area contributed by atoms with Gasteiger partial charge in [-0.3, -0.25) is 0 Å². The summed E-state index contributed by atoms with van der Waals surface area (Å²) in [6.07, 6.45) is 4.32. The van der Waals surface area contributed by atoms with E-state index in [1.165, 1.54) is 32.7 Å². The molecule has 0 saturated heterocycles. The van der Waals surface area contributed by atoms with Crippen molar-refractivity contribution in [3.05, 3.63) is 186 Å². The molecular formula is C47H35N. The first-order chi connectivity index (χ1) is 25.6. The highest BCUT2D eigenvalue weighted by atomic mass is 15.1. The van der Waals surface area contributed by atoms with Crippen LogP contribution in [0.25, 0.3) is 55.6 Å². The van der Waals surface area contributed by atoms with Gasteiger partial charge in [-0.15, -0.1) is 0 Å². The number of hydrogen-bond donors (Lipinski definition) is 0. The van der Waals surface area contributed by atoms with E-state index in [1.54, 1.807) is 0 Å². The highest BCUT2D eigenvalue weighted by Gasteiger charge is 2.35. The monoisotopic (exact) mass is 618 g/mol. The van der Waals surface area contributed by atoms with Gasteiger partial charge in [0.05, 0.1) is 6.85 Å². The second-order valence-electron chi connectivity index (χ2n) is 13.1. The third-order valence-corrected chi connectivity index (χ3v) is 9.90. The Morgan fingerprint density at radius 1 is 0.500 bits per heavy atom. The van der Waals surface area contributed by atoms with Gasteiger partial charge in [-0.25, -0.2) is 0 Å². The summed E-state index contributed by atoms with van der Waals surface area (Å²) in [6, 6.07) is 44.6. The van der Waals surface area contributed by atoms with Crippen LogP contribution in [-0.4, -0.2) is 0 Å².